The molecule has 1 aromatic rings. The Labute approximate surface area is 91.1 Å². The van der Waals surface area contributed by atoms with Gasteiger partial charge in [0.05, 0.1) is 11.6 Å². The van der Waals surface area contributed by atoms with Crippen LogP contribution in [0.15, 0.2) is 22.7 Å². The number of ether oxygens (including phenoxy) is 2. The lowest BCUT2D eigenvalue weighted by atomic mass is 10.3. The molecule has 0 fully saturated rings. The number of halogens is 1. The van der Waals surface area contributed by atoms with E-state index in [9.17, 15) is 4.79 Å². The molecule has 0 N–H and O–H groups in total. The maximum Gasteiger partial charge on any atom is 0.311 e. The lowest BCUT2D eigenvalue weighted by Gasteiger charge is -2.09. The number of para-hydroxylation sites is 1. The normalized spacial score (nSPS) is 9.64. The zero-order chi connectivity index (χ0) is 10.6. The lowest BCUT2D eigenvalue weighted by Crippen LogP contribution is -2.06. The Morgan fingerprint density at radius 1 is 1.50 bits per heavy atom. The lowest BCUT2D eigenvalue weighted by molar-refractivity contribution is -0.134. The molecule has 0 bridgehead atoms. The molecule has 0 saturated heterocycles. The summed E-state index contributed by atoms with van der Waals surface area (Å²) < 4.78 is 10.9. The fourth-order valence-electron chi connectivity index (χ4n) is 0.962. The minimum absolute atomic E-state index is 0.276. The van der Waals surface area contributed by atoms with Crippen molar-refractivity contribution < 1.29 is 14.3 Å². The molecular formula is C10H11BrO3. The Balaban J connectivity index is 2.96. The zero-order valence-electron chi connectivity index (χ0n) is 8.04. The number of benzene rings is 1. The molecule has 0 aliphatic heterocycles. The molecule has 76 valence electrons. The monoisotopic (exact) mass is 258 g/mol. The van der Waals surface area contributed by atoms with E-state index in [-0.39, 0.29) is 5.97 Å². The zero-order valence-corrected chi connectivity index (χ0v) is 9.63. The number of carbonyl (C=O) groups excluding carboxylic acids is 1. The van der Waals surface area contributed by atoms with Gasteiger partial charge in [-0.05, 0) is 28.1 Å². The Bertz CT molecular complexity index is 336. The summed E-state index contributed by atoms with van der Waals surface area (Å²) in [5, 5.41) is 0. The smallest absolute Gasteiger partial charge is 0.311 e. The number of rotatable bonds is 3. The van der Waals surface area contributed by atoms with E-state index in [0.717, 1.165) is 4.47 Å². The molecule has 0 heterocycles. The number of hydrogen-bond donors (Lipinski definition) is 0. The summed E-state index contributed by atoms with van der Waals surface area (Å²) in [6, 6.07) is 5.30. The van der Waals surface area contributed by atoms with Gasteiger partial charge in [-0.3, -0.25) is 4.79 Å². The van der Waals surface area contributed by atoms with Crippen LogP contribution in [0.5, 0.6) is 11.5 Å². The third kappa shape index (κ3) is 2.48. The van der Waals surface area contributed by atoms with Crippen LogP contribution in [0.25, 0.3) is 0 Å². The second-order valence-electron chi connectivity index (χ2n) is 2.60. The predicted octanol–water partition coefficient (Wildman–Crippen LogP) is 2.77. The number of esters is 1. The highest BCUT2D eigenvalue weighted by Gasteiger charge is 2.10. The van der Waals surface area contributed by atoms with Gasteiger partial charge in [0.1, 0.15) is 0 Å². The van der Waals surface area contributed by atoms with E-state index in [1.165, 1.54) is 7.11 Å². The average Bonchev–Trinajstić information content (AvgIpc) is 2.18. The Morgan fingerprint density at radius 3 is 2.79 bits per heavy atom. The van der Waals surface area contributed by atoms with Crippen LogP contribution < -0.4 is 9.47 Å². The Hall–Kier alpha value is -1.03. The van der Waals surface area contributed by atoms with Crippen molar-refractivity contribution in [2.75, 3.05) is 7.11 Å². The third-order valence-corrected chi connectivity index (χ3v) is 2.27. The predicted molar refractivity (Wildman–Crippen MR) is 56.6 cm³/mol. The first-order valence-corrected chi connectivity index (χ1v) is 5.01. The van der Waals surface area contributed by atoms with E-state index in [1.54, 1.807) is 19.1 Å². The third-order valence-electron chi connectivity index (χ3n) is 1.65. The molecule has 0 radical (unpaired) electrons. The topological polar surface area (TPSA) is 35.5 Å². The van der Waals surface area contributed by atoms with Crippen molar-refractivity contribution in [1.29, 1.82) is 0 Å². The van der Waals surface area contributed by atoms with Gasteiger partial charge < -0.3 is 9.47 Å². The van der Waals surface area contributed by atoms with E-state index in [4.69, 9.17) is 9.47 Å². The molecule has 1 rings (SSSR count). The van der Waals surface area contributed by atoms with Crippen LogP contribution >= 0.6 is 15.9 Å². The van der Waals surface area contributed by atoms with Gasteiger partial charge in [0.2, 0.25) is 0 Å². The van der Waals surface area contributed by atoms with Crippen LogP contribution in [-0.2, 0) is 4.79 Å². The van der Waals surface area contributed by atoms with Crippen LogP contribution in [0, 0.1) is 0 Å². The number of hydrogen-bond acceptors (Lipinski definition) is 3. The van der Waals surface area contributed by atoms with Crippen LogP contribution in [0.2, 0.25) is 0 Å². The molecular weight excluding hydrogens is 248 g/mol. The first kappa shape index (κ1) is 11.0. The minimum Gasteiger partial charge on any atom is -0.492 e. The van der Waals surface area contributed by atoms with Gasteiger partial charge in [0, 0.05) is 6.42 Å². The van der Waals surface area contributed by atoms with Crippen molar-refractivity contribution in [3.8, 4) is 11.5 Å². The van der Waals surface area contributed by atoms with E-state index >= 15 is 0 Å². The molecule has 14 heavy (non-hydrogen) atoms. The summed E-state index contributed by atoms with van der Waals surface area (Å²) in [6.45, 7) is 1.74. The quantitative estimate of drug-likeness (QED) is 0.618. The van der Waals surface area contributed by atoms with E-state index < -0.39 is 0 Å². The van der Waals surface area contributed by atoms with Gasteiger partial charge in [0.25, 0.3) is 0 Å². The molecule has 3 nitrogen and oxygen atoms in total. The molecule has 0 aliphatic rings. The summed E-state index contributed by atoms with van der Waals surface area (Å²) in [6.07, 6.45) is 0.343. The molecule has 0 atom stereocenters. The van der Waals surface area contributed by atoms with Gasteiger partial charge in [-0.2, -0.15) is 0 Å². The summed E-state index contributed by atoms with van der Waals surface area (Å²) in [5.41, 5.74) is 0. The fourth-order valence-corrected chi connectivity index (χ4v) is 1.47. The van der Waals surface area contributed by atoms with E-state index in [1.807, 2.05) is 6.07 Å². The van der Waals surface area contributed by atoms with Crippen molar-refractivity contribution in [2.24, 2.45) is 0 Å². The molecule has 1 aromatic carbocycles. The molecule has 0 aromatic heterocycles. The fraction of sp³-hybridized carbons (Fsp3) is 0.300. The first-order chi connectivity index (χ1) is 6.69. The van der Waals surface area contributed by atoms with E-state index in [0.29, 0.717) is 17.9 Å². The second kappa shape index (κ2) is 5.00. The van der Waals surface area contributed by atoms with Gasteiger partial charge >= 0.3 is 5.97 Å². The summed E-state index contributed by atoms with van der Waals surface area (Å²) >= 11 is 3.30. The highest BCUT2D eigenvalue weighted by atomic mass is 79.9. The first-order valence-electron chi connectivity index (χ1n) is 4.22. The SMILES string of the molecule is CCC(=O)Oc1cccc(Br)c1OC. The largest absolute Gasteiger partial charge is 0.492 e. The van der Waals surface area contributed by atoms with Crippen LogP contribution in [0.3, 0.4) is 0 Å². The van der Waals surface area contributed by atoms with Gasteiger partial charge in [0.15, 0.2) is 11.5 Å². The van der Waals surface area contributed by atoms with Crippen molar-refractivity contribution in [3.05, 3.63) is 22.7 Å². The molecule has 4 heteroatoms. The Morgan fingerprint density at radius 2 is 2.21 bits per heavy atom. The van der Waals surface area contributed by atoms with Crippen molar-refractivity contribution in [2.45, 2.75) is 13.3 Å². The molecule has 0 aliphatic carbocycles. The van der Waals surface area contributed by atoms with Crippen LogP contribution in [-0.4, -0.2) is 13.1 Å². The van der Waals surface area contributed by atoms with Crippen LogP contribution in [0.4, 0.5) is 0 Å². The minimum atomic E-state index is -0.276. The Kier molecular flexibility index (Phi) is 3.95. The number of methoxy groups -OCH3 is 1. The van der Waals surface area contributed by atoms with Gasteiger partial charge in [-0.1, -0.05) is 13.0 Å². The summed E-state index contributed by atoms with van der Waals surface area (Å²) in [4.78, 5) is 11.1. The molecule has 0 spiro atoms. The highest BCUT2D eigenvalue weighted by molar-refractivity contribution is 9.10. The maximum atomic E-state index is 11.1. The maximum absolute atomic E-state index is 11.1. The van der Waals surface area contributed by atoms with Crippen LogP contribution in [0.1, 0.15) is 13.3 Å². The molecule has 0 saturated carbocycles. The summed E-state index contributed by atoms with van der Waals surface area (Å²) in [7, 11) is 1.53. The standard InChI is InChI=1S/C10H11BrO3/c1-3-9(12)14-8-6-4-5-7(11)10(8)13-2/h4-6H,3H2,1-2H3. The van der Waals surface area contributed by atoms with Gasteiger partial charge in [-0.15, -0.1) is 0 Å². The van der Waals surface area contributed by atoms with E-state index in [2.05, 4.69) is 15.9 Å². The molecule has 0 amide bonds. The summed E-state index contributed by atoms with van der Waals surface area (Å²) in [5.74, 6) is 0.699. The van der Waals surface area contributed by atoms with Crippen molar-refractivity contribution in [1.82, 2.24) is 0 Å². The average molecular weight is 259 g/mol. The van der Waals surface area contributed by atoms with Crippen molar-refractivity contribution in [3.63, 3.8) is 0 Å². The van der Waals surface area contributed by atoms with Crippen molar-refractivity contribution >= 4 is 21.9 Å². The number of carbonyl (C=O) groups is 1. The molecule has 0 unspecified atom stereocenters. The highest BCUT2D eigenvalue weighted by Crippen LogP contribution is 2.34. The van der Waals surface area contributed by atoms with Gasteiger partial charge in [-0.25, -0.2) is 0 Å². The second-order valence-corrected chi connectivity index (χ2v) is 3.45.